The highest BCUT2D eigenvalue weighted by Crippen LogP contribution is 2.20. The monoisotopic (exact) mass is 380 g/mol. The molecule has 0 spiro atoms. The summed E-state index contributed by atoms with van der Waals surface area (Å²) in [4.78, 5) is 21.1. The third kappa shape index (κ3) is 3.71. The summed E-state index contributed by atoms with van der Waals surface area (Å²) in [5.74, 6) is 1.56. The van der Waals surface area contributed by atoms with Crippen molar-refractivity contribution >= 4 is 28.5 Å². The molecule has 146 valence electrons. The van der Waals surface area contributed by atoms with Crippen molar-refractivity contribution in [3.63, 3.8) is 0 Å². The lowest BCUT2D eigenvalue weighted by Crippen LogP contribution is -2.55. The highest BCUT2D eigenvalue weighted by molar-refractivity contribution is 5.98. The van der Waals surface area contributed by atoms with Crippen LogP contribution in [0.1, 0.15) is 12.7 Å². The molecule has 1 saturated heterocycles. The largest absolute Gasteiger partial charge is 0.459 e. The molecule has 2 aromatic heterocycles. The van der Waals surface area contributed by atoms with E-state index in [9.17, 15) is 4.79 Å². The molecule has 1 amide bonds. The molecule has 0 aliphatic carbocycles. The lowest BCUT2D eigenvalue weighted by molar-refractivity contribution is -0.120. The van der Waals surface area contributed by atoms with Crippen molar-refractivity contribution in [3.05, 3.63) is 48.5 Å². The average molecular weight is 380 g/mol. The molecule has 8 heteroatoms. The first-order chi connectivity index (χ1) is 13.6. The Hall–Kier alpha value is -3.29. The van der Waals surface area contributed by atoms with Crippen molar-refractivity contribution in [3.8, 4) is 0 Å². The van der Waals surface area contributed by atoms with Crippen molar-refractivity contribution in [1.82, 2.24) is 20.0 Å². The molecule has 0 unspecified atom stereocenters. The number of aromatic nitrogens is 2. The van der Waals surface area contributed by atoms with Gasteiger partial charge in [-0.05, 0) is 19.1 Å². The Morgan fingerprint density at radius 1 is 1.32 bits per heavy atom. The number of guanidine groups is 1. The fourth-order valence-electron chi connectivity index (χ4n) is 3.37. The predicted octanol–water partition coefficient (Wildman–Crippen LogP) is 1.98. The molecular formula is C20H24N6O2. The highest BCUT2D eigenvalue weighted by atomic mass is 16.3. The predicted molar refractivity (Wildman–Crippen MR) is 108 cm³/mol. The molecule has 28 heavy (non-hydrogen) atoms. The van der Waals surface area contributed by atoms with Gasteiger partial charge < -0.3 is 19.5 Å². The zero-order valence-corrected chi connectivity index (χ0v) is 16.1. The van der Waals surface area contributed by atoms with Gasteiger partial charge in [0.25, 0.3) is 0 Å². The van der Waals surface area contributed by atoms with Crippen molar-refractivity contribution in [2.24, 2.45) is 12.0 Å². The summed E-state index contributed by atoms with van der Waals surface area (Å²) in [6.07, 6.45) is 3.57. The number of aliphatic imine (C=N–C) groups is 1. The molecule has 3 aromatic rings. The van der Waals surface area contributed by atoms with Crippen molar-refractivity contribution < 1.29 is 9.21 Å². The van der Waals surface area contributed by atoms with Crippen LogP contribution in [0.5, 0.6) is 0 Å². The number of furan rings is 1. The maximum Gasteiger partial charge on any atom is 0.246 e. The van der Waals surface area contributed by atoms with Crippen LogP contribution in [0.15, 0.2) is 52.1 Å². The Balaban J connectivity index is 1.46. The van der Waals surface area contributed by atoms with E-state index in [-0.39, 0.29) is 12.5 Å². The summed E-state index contributed by atoms with van der Waals surface area (Å²) in [7, 11) is 1.85. The fourth-order valence-corrected chi connectivity index (χ4v) is 3.37. The minimum Gasteiger partial charge on any atom is -0.459 e. The van der Waals surface area contributed by atoms with E-state index in [0.717, 1.165) is 34.9 Å². The Labute approximate surface area is 163 Å². The summed E-state index contributed by atoms with van der Waals surface area (Å²) in [5, 5.41) is 8.50. The van der Waals surface area contributed by atoms with Crippen LogP contribution in [0.4, 0.5) is 5.69 Å². The highest BCUT2D eigenvalue weighted by Gasteiger charge is 2.27. The van der Waals surface area contributed by atoms with Crippen LogP contribution < -0.4 is 10.2 Å². The van der Waals surface area contributed by atoms with Crippen molar-refractivity contribution in [1.29, 1.82) is 0 Å². The van der Waals surface area contributed by atoms with Gasteiger partial charge in [0.05, 0.1) is 11.9 Å². The third-order valence-electron chi connectivity index (χ3n) is 4.72. The van der Waals surface area contributed by atoms with Gasteiger partial charge in [0.2, 0.25) is 5.91 Å². The molecule has 1 N–H and O–H groups in total. The van der Waals surface area contributed by atoms with E-state index in [4.69, 9.17) is 4.42 Å². The smallest absolute Gasteiger partial charge is 0.246 e. The van der Waals surface area contributed by atoms with E-state index < -0.39 is 0 Å². The maximum atomic E-state index is 12.7. The van der Waals surface area contributed by atoms with Gasteiger partial charge in [-0.25, -0.2) is 4.99 Å². The van der Waals surface area contributed by atoms with Crippen LogP contribution in [0, 0.1) is 0 Å². The molecule has 4 rings (SSSR count). The second-order valence-electron chi connectivity index (χ2n) is 6.76. The zero-order valence-electron chi connectivity index (χ0n) is 16.1. The molecule has 0 bridgehead atoms. The third-order valence-corrected chi connectivity index (χ3v) is 4.72. The Morgan fingerprint density at radius 3 is 2.89 bits per heavy atom. The molecular weight excluding hydrogens is 356 g/mol. The number of rotatable bonds is 4. The van der Waals surface area contributed by atoms with Gasteiger partial charge >= 0.3 is 0 Å². The van der Waals surface area contributed by atoms with Crippen LogP contribution in [0.25, 0.3) is 11.0 Å². The Bertz CT molecular complexity index is 972. The van der Waals surface area contributed by atoms with Gasteiger partial charge in [-0.1, -0.05) is 18.2 Å². The molecule has 8 nitrogen and oxygen atoms in total. The number of hydrogen-bond donors (Lipinski definition) is 1. The molecule has 1 fully saturated rings. The Morgan fingerprint density at radius 2 is 2.18 bits per heavy atom. The number of piperazine rings is 1. The first kappa shape index (κ1) is 18.1. The first-order valence-electron chi connectivity index (χ1n) is 9.44. The number of aryl methyl sites for hydroxylation is 1. The minimum absolute atomic E-state index is 0.0357. The number of anilines is 1. The molecule has 1 aliphatic heterocycles. The van der Waals surface area contributed by atoms with Crippen LogP contribution in [0.3, 0.4) is 0 Å². The number of amides is 1. The lowest BCUT2D eigenvalue weighted by Gasteiger charge is -2.35. The standard InChI is InChI=1S/C20H24N6O2/c1-3-21-20(22-12-17-10-15-6-4-5-7-18(15)28-17)25-8-9-26(19(27)14-25)16-11-23-24(2)13-16/h4-7,10-11,13H,3,8-9,12,14H2,1-2H3,(H,21,22). The topological polar surface area (TPSA) is 78.9 Å². The van der Waals surface area contributed by atoms with Gasteiger partial charge in [0.1, 0.15) is 24.4 Å². The average Bonchev–Trinajstić information content (AvgIpc) is 3.30. The Kier molecular flexibility index (Phi) is 5.01. The number of carbonyl (C=O) groups is 1. The van der Waals surface area contributed by atoms with E-state index >= 15 is 0 Å². The maximum absolute atomic E-state index is 12.7. The minimum atomic E-state index is 0.0357. The second-order valence-corrected chi connectivity index (χ2v) is 6.76. The quantitative estimate of drug-likeness (QED) is 0.553. The van der Waals surface area contributed by atoms with Crippen LogP contribution in [0.2, 0.25) is 0 Å². The van der Waals surface area contributed by atoms with Gasteiger partial charge in [-0.2, -0.15) is 5.10 Å². The van der Waals surface area contributed by atoms with E-state index in [1.165, 1.54) is 0 Å². The number of carbonyl (C=O) groups excluding carboxylic acids is 1. The van der Waals surface area contributed by atoms with Crippen LogP contribution in [-0.2, 0) is 18.4 Å². The van der Waals surface area contributed by atoms with Gasteiger partial charge in [-0.15, -0.1) is 0 Å². The van der Waals surface area contributed by atoms with E-state index in [0.29, 0.717) is 19.6 Å². The van der Waals surface area contributed by atoms with E-state index in [1.54, 1.807) is 15.8 Å². The normalized spacial score (nSPS) is 15.5. The summed E-state index contributed by atoms with van der Waals surface area (Å²) in [5.41, 5.74) is 1.69. The number of nitrogens with one attached hydrogen (secondary N) is 1. The summed E-state index contributed by atoms with van der Waals surface area (Å²) in [6.45, 7) is 4.75. The lowest BCUT2D eigenvalue weighted by atomic mass is 10.2. The van der Waals surface area contributed by atoms with Gasteiger partial charge in [-0.3, -0.25) is 9.48 Å². The number of nitrogens with zero attached hydrogens (tertiary/aromatic N) is 5. The van der Waals surface area contributed by atoms with Gasteiger partial charge in [0, 0.05) is 38.3 Å². The second kappa shape index (κ2) is 7.75. The number of para-hydroxylation sites is 1. The van der Waals surface area contributed by atoms with E-state index in [2.05, 4.69) is 15.4 Å². The van der Waals surface area contributed by atoms with Gasteiger partial charge in [0.15, 0.2) is 5.96 Å². The molecule has 0 saturated carbocycles. The van der Waals surface area contributed by atoms with Crippen molar-refractivity contribution in [2.45, 2.75) is 13.5 Å². The summed E-state index contributed by atoms with van der Waals surface area (Å²) in [6, 6.07) is 9.92. The molecule has 3 heterocycles. The molecule has 1 aliphatic rings. The first-order valence-corrected chi connectivity index (χ1v) is 9.44. The zero-order chi connectivity index (χ0) is 19.5. The van der Waals surface area contributed by atoms with Crippen molar-refractivity contribution in [2.75, 3.05) is 31.1 Å². The van der Waals surface area contributed by atoms with E-state index in [1.807, 2.05) is 55.4 Å². The number of hydrogen-bond acceptors (Lipinski definition) is 4. The number of fused-ring (bicyclic) bond motifs is 1. The fraction of sp³-hybridized carbons (Fsp3) is 0.350. The van der Waals surface area contributed by atoms with Crippen LogP contribution >= 0.6 is 0 Å². The SMILES string of the molecule is CCNC(=NCc1cc2ccccc2o1)N1CCN(c2cnn(C)c2)C(=O)C1. The molecule has 1 aromatic carbocycles. The number of benzene rings is 1. The van der Waals surface area contributed by atoms with Crippen LogP contribution in [-0.4, -0.2) is 52.7 Å². The summed E-state index contributed by atoms with van der Waals surface area (Å²) < 4.78 is 7.55. The summed E-state index contributed by atoms with van der Waals surface area (Å²) >= 11 is 0. The molecule has 0 atom stereocenters. The molecule has 0 radical (unpaired) electrons.